The van der Waals surface area contributed by atoms with Gasteiger partial charge in [-0.1, -0.05) is 5.16 Å². The maximum absolute atomic E-state index is 10.5. The summed E-state index contributed by atoms with van der Waals surface area (Å²) in [6.45, 7) is 0. The second kappa shape index (κ2) is 5.43. The van der Waals surface area contributed by atoms with E-state index in [0.717, 1.165) is 0 Å². The molecule has 77 valence electrons. The fraction of sp³-hybridized carbons (Fsp3) is 0.125. The number of oxime groups is 1. The molecule has 0 aliphatic carbocycles. The van der Waals surface area contributed by atoms with Crippen molar-refractivity contribution in [1.82, 2.24) is 9.97 Å². The minimum absolute atomic E-state index is 0.0266. The van der Waals surface area contributed by atoms with Gasteiger partial charge in [0.05, 0.1) is 0 Å². The zero-order chi connectivity index (χ0) is 11.1. The van der Waals surface area contributed by atoms with E-state index in [9.17, 15) is 9.59 Å². The number of carbonyl (C=O) groups excluding carboxylic acids is 2. The molecular weight excluding hydrogens is 200 g/mol. The lowest BCUT2D eigenvalue weighted by Crippen LogP contribution is -2.10. The van der Waals surface area contributed by atoms with Crippen molar-refractivity contribution in [3.8, 4) is 0 Å². The minimum Gasteiger partial charge on any atom is -0.398 e. The smallest absolute Gasteiger partial charge is 0.261 e. The van der Waals surface area contributed by atoms with Crippen molar-refractivity contribution in [3.05, 3.63) is 18.1 Å². The third kappa shape index (κ3) is 2.83. The van der Waals surface area contributed by atoms with Gasteiger partial charge in [-0.3, -0.25) is 9.59 Å². The molecule has 0 atom stereocenters. The number of carbonyl (C=O) groups is 1. The lowest BCUT2D eigenvalue weighted by molar-refractivity contribution is -0.105. The first kappa shape index (κ1) is 10.8. The summed E-state index contributed by atoms with van der Waals surface area (Å²) >= 11 is 0. The third-order valence-corrected chi connectivity index (χ3v) is 1.35. The Morgan fingerprint density at radius 1 is 1.73 bits per heavy atom. The van der Waals surface area contributed by atoms with Crippen molar-refractivity contribution >= 4 is 24.2 Å². The van der Waals surface area contributed by atoms with Crippen molar-refractivity contribution in [2.24, 2.45) is 5.16 Å². The van der Waals surface area contributed by atoms with E-state index in [1.54, 1.807) is 0 Å². The van der Waals surface area contributed by atoms with E-state index in [-0.39, 0.29) is 17.4 Å². The predicted octanol–water partition coefficient (Wildman–Crippen LogP) is -0.495. The highest BCUT2D eigenvalue weighted by molar-refractivity contribution is 6.35. The summed E-state index contributed by atoms with van der Waals surface area (Å²) in [4.78, 5) is 32.6. The van der Waals surface area contributed by atoms with Crippen molar-refractivity contribution < 1.29 is 14.4 Å². The molecular formula is C8H7N4O3. The van der Waals surface area contributed by atoms with Crippen LogP contribution in [0.25, 0.3) is 0 Å². The van der Waals surface area contributed by atoms with E-state index < -0.39 is 0 Å². The molecule has 0 fully saturated rings. The van der Waals surface area contributed by atoms with E-state index in [1.165, 1.54) is 25.7 Å². The first-order valence-electron chi connectivity index (χ1n) is 3.84. The SMILES string of the molecule is CO/N=C(/[C]=O)c1nccc(NC=O)n1. The summed E-state index contributed by atoms with van der Waals surface area (Å²) in [5.74, 6) is 0.285. The number of nitrogens with zero attached hydrogens (tertiary/aromatic N) is 3. The molecule has 0 aliphatic heterocycles. The fourth-order valence-corrected chi connectivity index (χ4v) is 0.810. The Labute approximate surface area is 85.2 Å². The highest BCUT2D eigenvalue weighted by atomic mass is 16.6. The van der Waals surface area contributed by atoms with Gasteiger partial charge in [-0.25, -0.2) is 9.97 Å². The molecule has 7 nitrogen and oxygen atoms in total. The van der Waals surface area contributed by atoms with Crippen LogP contribution in [-0.2, 0) is 14.4 Å². The first-order valence-corrected chi connectivity index (χ1v) is 3.84. The highest BCUT2D eigenvalue weighted by Crippen LogP contribution is 2.01. The summed E-state index contributed by atoms with van der Waals surface area (Å²) in [5.41, 5.74) is -0.174. The van der Waals surface area contributed by atoms with Crippen LogP contribution >= 0.6 is 0 Å². The topological polar surface area (TPSA) is 93.5 Å². The number of hydrogen-bond donors (Lipinski definition) is 1. The normalized spacial score (nSPS) is 10.6. The van der Waals surface area contributed by atoms with Gasteiger partial charge in [0.2, 0.25) is 6.41 Å². The van der Waals surface area contributed by atoms with Crippen LogP contribution in [0.4, 0.5) is 5.82 Å². The highest BCUT2D eigenvalue weighted by Gasteiger charge is 2.08. The molecule has 1 heterocycles. The largest absolute Gasteiger partial charge is 0.398 e. The predicted molar refractivity (Wildman–Crippen MR) is 51.0 cm³/mol. The van der Waals surface area contributed by atoms with E-state index in [4.69, 9.17) is 0 Å². The van der Waals surface area contributed by atoms with Gasteiger partial charge in [-0.2, -0.15) is 0 Å². The van der Waals surface area contributed by atoms with Crippen LogP contribution in [0.15, 0.2) is 17.4 Å². The zero-order valence-corrected chi connectivity index (χ0v) is 7.80. The quantitative estimate of drug-likeness (QED) is 0.399. The summed E-state index contributed by atoms with van der Waals surface area (Å²) in [5, 5.41) is 5.68. The van der Waals surface area contributed by atoms with Gasteiger partial charge in [0.25, 0.3) is 6.29 Å². The van der Waals surface area contributed by atoms with Crippen LogP contribution in [0, 0.1) is 0 Å². The molecule has 1 N–H and O–H groups in total. The van der Waals surface area contributed by atoms with Gasteiger partial charge in [-0.05, 0) is 6.07 Å². The number of amides is 1. The second-order valence-corrected chi connectivity index (χ2v) is 2.25. The van der Waals surface area contributed by atoms with E-state index >= 15 is 0 Å². The zero-order valence-electron chi connectivity index (χ0n) is 7.80. The lowest BCUT2D eigenvalue weighted by atomic mass is 10.4. The minimum atomic E-state index is -0.174. The summed E-state index contributed by atoms with van der Waals surface area (Å²) in [7, 11) is 1.28. The molecule has 15 heavy (non-hydrogen) atoms. The Morgan fingerprint density at radius 2 is 2.53 bits per heavy atom. The van der Waals surface area contributed by atoms with Gasteiger partial charge >= 0.3 is 0 Å². The Morgan fingerprint density at radius 3 is 3.13 bits per heavy atom. The molecule has 1 aromatic rings. The standard InChI is InChI=1S/C8H7N4O3/c1-15-12-6(4-13)8-9-3-2-7(11-8)10-5-14/h2-3,5H,1H3,(H,9,10,11,14)/b12-6-. The Bertz CT molecular complexity index is 391. The van der Waals surface area contributed by atoms with Gasteiger partial charge in [0.1, 0.15) is 12.9 Å². The molecule has 1 amide bonds. The Kier molecular flexibility index (Phi) is 3.90. The van der Waals surface area contributed by atoms with Crippen LogP contribution in [0.5, 0.6) is 0 Å². The van der Waals surface area contributed by atoms with Crippen LogP contribution in [0.2, 0.25) is 0 Å². The van der Waals surface area contributed by atoms with Crippen molar-refractivity contribution in [2.45, 2.75) is 0 Å². The molecule has 0 aliphatic rings. The van der Waals surface area contributed by atoms with E-state index in [1.807, 2.05) is 0 Å². The molecule has 1 aromatic heterocycles. The molecule has 1 radical (unpaired) electrons. The Balaban J connectivity index is 3.02. The maximum atomic E-state index is 10.5. The molecule has 0 spiro atoms. The maximum Gasteiger partial charge on any atom is 0.261 e. The number of rotatable bonds is 5. The average Bonchev–Trinajstić information content (AvgIpc) is 2.27. The van der Waals surface area contributed by atoms with Gasteiger partial charge in [0.15, 0.2) is 11.5 Å². The molecule has 0 unspecified atom stereocenters. The van der Waals surface area contributed by atoms with E-state index in [2.05, 4.69) is 25.3 Å². The third-order valence-electron chi connectivity index (χ3n) is 1.35. The molecule has 1 rings (SSSR count). The number of hydrogen-bond acceptors (Lipinski definition) is 6. The molecule has 0 aromatic carbocycles. The van der Waals surface area contributed by atoms with Crippen LogP contribution < -0.4 is 5.32 Å². The van der Waals surface area contributed by atoms with Crippen molar-refractivity contribution in [1.29, 1.82) is 0 Å². The molecule has 0 saturated heterocycles. The monoisotopic (exact) mass is 207 g/mol. The average molecular weight is 207 g/mol. The number of anilines is 1. The van der Waals surface area contributed by atoms with Crippen LogP contribution in [-0.4, -0.2) is 35.5 Å². The first-order chi connectivity index (χ1) is 7.31. The van der Waals surface area contributed by atoms with Gasteiger partial charge < -0.3 is 10.2 Å². The summed E-state index contributed by atoms with van der Waals surface area (Å²) in [6.07, 6.45) is 3.36. The number of nitrogens with one attached hydrogen (secondary N) is 1. The van der Waals surface area contributed by atoms with Gasteiger partial charge in [-0.15, -0.1) is 0 Å². The van der Waals surface area contributed by atoms with Crippen molar-refractivity contribution in [3.63, 3.8) is 0 Å². The van der Waals surface area contributed by atoms with Crippen LogP contribution in [0.3, 0.4) is 0 Å². The Hall–Kier alpha value is -2.31. The fourth-order valence-electron chi connectivity index (χ4n) is 0.810. The van der Waals surface area contributed by atoms with Crippen molar-refractivity contribution in [2.75, 3.05) is 12.4 Å². The van der Waals surface area contributed by atoms with Gasteiger partial charge in [0, 0.05) is 6.20 Å². The molecule has 0 saturated carbocycles. The van der Waals surface area contributed by atoms with E-state index in [0.29, 0.717) is 6.41 Å². The summed E-state index contributed by atoms with van der Waals surface area (Å²) in [6, 6.07) is 1.47. The summed E-state index contributed by atoms with van der Waals surface area (Å²) < 4.78 is 0. The molecule has 7 heteroatoms. The molecule has 0 bridgehead atoms. The van der Waals surface area contributed by atoms with Crippen LogP contribution in [0.1, 0.15) is 5.82 Å². The number of aromatic nitrogens is 2. The lowest BCUT2D eigenvalue weighted by Gasteiger charge is -1.99. The second-order valence-electron chi connectivity index (χ2n) is 2.25.